The first kappa shape index (κ1) is 20.3. The fraction of sp³-hybridized carbons (Fsp3) is 0.250. The second kappa shape index (κ2) is 7.29. The monoisotopic (exact) mass is 396 g/mol. The molecular formula is C16H13F5O4S. The van der Waals surface area contributed by atoms with Crippen LogP contribution in [0.5, 0.6) is 0 Å². The van der Waals surface area contributed by atoms with Gasteiger partial charge in [-0.3, -0.25) is 4.55 Å². The van der Waals surface area contributed by atoms with Gasteiger partial charge < -0.3 is 4.74 Å². The van der Waals surface area contributed by atoms with Crippen LogP contribution in [0.4, 0.5) is 22.0 Å². The zero-order valence-electron chi connectivity index (χ0n) is 12.9. The van der Waals surface area contributed by atoms with Gasteiger partial charge in [-0.05, 0) is 11.1 Å². The van der Waals surface area contributed by atoms with Crippen LogP contribution in [0.15, 0.2) is 60.7 Å². The molecule has 0 amide bonds. The molecular weight excluding hydrogens is 383 g/mol. The van der Waals surface area contributed by atoms with E-state index in [4.69, 9.17) is 4.55 Å². The van der Waals surface area contributed by atoms with Crippen LogP contribution < -0.4 is 0 Å². The summed E-state index contributed by atoms with van der Waals surface area (Å²) >= 11 is 0. The Morgan fingerprint density at radius 2 is 1.19 bits per heavy atom. The van der Waals surface area contributed by atoms with E-state index < -0.39 is 33.8 Å². The van der Waals surface area contributed by atoms with E-state index in [1.165, 1.54) is 48.5 Å². The van der Waals surface area contributed by atoms with Crippen LogP contribution in [0.1, 0.15) is 17.2 Å². The van der Waals surface area contributed by atoms with Gasteiger partial charge in [0.2, 0.25) is 6.10 Å². The largest absolute Gasteiger partial charge is 0.421 e. The van der Waals surface area contributed by atoms with Crippen molar-refractivity contribution in [1.29, 1.82) is 0 Å². The molecule has 0 radical (unpaired) electrons. The predicted molar refractivity (Wildman–Crippen MR) is 82.2 cm³/mol. The highest BCUT2D eigenvalue weighted by molar-refractivity contribution is 7.86. The molecule has 26 heavy (non-hydrogen) atoms. The standard InChI is InChI=1S/C16H13F5O4S/c17-15(18,19)14(16(20,21)26(22,23)24)25-13(11-7-3-1-4-8-11)12-9-5-2-6-10-12/h1-10,13-14H,(H,22,23,24). The Balaban J connectivity index is 2.54. The van der Waals surface area contributed by atoms with Gasteiger partial charge in [-0.15, -0.1) is 0 Å². The van der Waals surface area contributed by atoms with Gasteiger partial charge in [-0.25, -0.2) is 0 Å². The minimum atomic E-state index is -6.37. The molecule has 2 aromatic carbocycles. The lowest BCUT2D eigenvalue weighted by molar-refractivity contribution is -0.273. The zero-order chi connectivity index (χ0) is 19.6. The third-order valence-corrected chi connectivity index (χ3v) is 4.33. The first-order valence-corrected chi connectivity index (χ1v) is 8.55. The average Bonchev–Trinajstić information content (AvgIpc) is 2.54. The minimum Gasteiger partial charge on any atom is -0.349 e. The first-order valence-electron chi connectivity index (χ1n) is 7.11. The Kier molecular flexibility index (Phi) is 5.69. The van der Waals surface area contributed by atoms with E-state index in [-0.39, 0.29) is 11.1 Å². The molecule has 0 saturated carbocycles. The summed E-state index contributed by atoms with van der Waals surface area (Å²) in [6, 6.07) is 14.3. The Morgan fingerprint density at radius 3 is 1.50 bits per heavy atom. The predicted octanol–water partition coefficient (Wildman–Crippen LogP) is 4.20. The fourth-order valence-corrected chi connectivity index (χ4v) is 2.68. The molecule has 0 aliphatic rings. The molecule has 0 aromatic heterocycles. The van der Waals surface area contributed by atoms with Gasteiger partial charge in [0.05, 0.1) is 0 Å². The number of hydrogen-bond acceptors (Lipinski definition) is 3. The van der Waals surface area contributed by atoms with Crippen LogP contribution in [0.3, 0.4) is 0 Å². The highest BCUT2D eigenvalue weighted by atomic mass is 32.2. The summed E-state index contributed by atoms with van der Waals surface area (Å²) < 4.78 is 102. The number of ether oxygens (including phenoxy) is 1. The van der Waals surface area contributed by atoms with E-state index in [0.29, 0.717) is 0 Å². The van der Waals surface area contributed by atoms with Crippen LogP contribution in [0.2, 0.25) is 0 Å². The van der Waals surface area contributed by atoms with Gasteiger partial charge in [0.15, 0.2) is 0 Å². The van der Waals surface area contributed by atoms with Crippen LogP contribution in [0.25, 0.3) is 0 Å². The summed E-state index contributed by atoms with van der Waals surface area (Å²) in [5, 5.41) is -5.59. The van der Waals surface area contributed by atoms with Crippen molar-refractivity contribution in [2.24, 2.45) is 0 Å². The van der Waals surface area contributed by atoms with Gasteiger partial charge >= 0.3 is 21.5 Å². The van der Waals surface area contributed by atoms with Crippen molar-refractivity contribution in [3.63, 3.8) is 0 Å². The minimum absolute atomic E-state index is 0.0964. The van der Waals surface area contributed by atoms with Gasteiger partial charge in [-0.2, -0.15) is 30.4 Å². The number of halogens is 5. The van der Waals surface area contributed by atoms with E-state index in [0.717, 1.165) is 0 Å². The normalized spacial score (nSPS) is 14.4. The molecule has 1 unspecified atom stereocenters. The summed E-state index contributed by atoms with van der Waals surface area (Å²) in [6.45, 7) is 0. The van der Waals surface area contributed by atoms with Crippen LogP contribution in [-0.4, -0.2) is 30.5 Å². The van der Waals surface area contributed by atoms with E-state index in [1.54, 1.807) is 12.1 Å². The molecule has 0 heterocycles. The number of hydrogen-bond donors (Lipinski definition) is 1. The molecule has 10 heteroatoms. The van der Waals surface area contributed by atoms with Crippen LogP contribution >= 0.6 is 0 Å². The molecule has 0 aliphatic carbocycles. The number of alkyl halides is 5. The van der Waals surface area contributed by atoms with Crippen molar-refractivity contribution in [2.75, 3.05) is 0 Å². The van der Waals surface area contributed by atoms with Crippen molar-refractivity contribution >= 4 is 10.1 Å². The lowest BCUT2D eigenvalue weighted by atomic mass is 10.0. The topological polar surface area (TPSA) is 63.6 Å². The Bertz CT molecular complexity index is 783. The molecule has 142 valence electrons. The molecule has 0 fully saturated rings. The van der Waals surface area contributed by atoms with Gasteiger partial charge in [0.1, 0.15) is 6.10 Å². The van der Waals surface area contributed by atoms with Gasteiger partial charge in [-0.1, -0.05) is 60.7 Å². The lowest BCUT2D eigenvalue weighted by Crippen LogP contribution is -2.51. The van der Waals surface area contributed by atoms with E-state index >= 15 is 0 Å². The van der Waals surface area contributed by atoms with Crippen molar-refractivity contribution in [1.82, 2.24) is 0 Å². The van der Waals surface area contributed by atoms with Crippen molar-refractivity contribution in [2.45, 2.75) is 23.6 Å². The van der Waals surface area contributed by atoms with Gasteiger partial charge in [0, 0.05) is 0 Å². The smallest absolute Gasteiger partial charge is 0.349 e. The van der Waals surface area contributed by atoms with Crippen molar-refractivity contribution in [3.05, 3.63) is 71.8 Å². The Labute approximate surface area is 146 Å². The van der Waals surface area contributed by atoms with Gasteiger partial charge in [0.25, 0.3) is 0 Å². The third-order valence-electron chi connectivity index (χ3n) is 3.42. The third kappa shape index (κ3) is 4.37. The summed E-state index contributed by atoms with van der Waals surface area (Å²) in [4.78, 5) is 0. The summed E-state index contributed by atoms with van der Waals surface area (Å²) in [6.07, 6.45) is -11.5. The molecule has 2 rings (SSSR count). The summed E-state index contributed by atoms with van der Waals surface area (Å²) in [7, 11) is -6.37. The quantitative estimate of drug-likeness (QED) is 0.587. The molecule has 2 aromatic rings. The van der Waals surface area contributed by atoms with Crippen LogP contribution in [-0.2, 0) is 14.9 Å². The zero-order valence-corrected chi connectivity index (χ0v) is 13.7. The molecule has 0 aliphatic heterocycles. The highest BCUT2D eigenvalue weighted by Crippen LogP contribution is 2.42. The second-order valence-electron chi connectivity index (χ2n) is 5.30. The van der Waals surface area contributed by atoms with Crippen LogP contribution in [0, 0.1) is 0 Å². The lowest BCUT2D eigenvalue weighted by Gasteiger charge is -2.30. The maximum Gasteiger partial charge on any atom is 0.421 e. The molecule has 4 nitrogen and oxygen atoms in total. The second-order valence-corrected chi connectivity index (χ2v) is 6.79. The van der Waals surface area contributed by atoms with Crippen molar-refractivity contribution < 1.29 is 39.7 Å². The fourth-order valence-electron chi connectivity index (χ4n) is 2.22. The van der Waals surface area contributed by atoms with E-state index in [9.17, 15) is 30.4 Å². The molecule has 1 N–H and O–H groups in total. The van der Waals surface area contributed by atoms with Crippen molar-refractivity contribution in [3.8, 4) is 0 Å². The number of benzene rings is 2. The Morgan fingerprint density at radius 1 is 0.808 bits per heavy atom. The maximum absolute atomic E-state index is 13.8. The number of rotatable bonds is 6. The van der Waals surface area contributed by atoms with E-state index in [1.807, 2.05) is 0 Å². The molecule has 1 atom stereocenters. The molecule has 0 saturated heterocycles. The SMILES string of the molecule is O=S(=O)(O)C(F)(F)C(OC(c1ccccc1)c1ccccc1)C(F)(F)F. The molecule has 0 spiro atoms. The highest BCUT2D eigenvalue weighted by Gasteiger charge is 2.65. The first-order chi connectivity index (χ1) is 11.9. The molecule has 0 bridgehead atoms. The summed E-state index contributed by atoms with van der Waals surface area (Å²) in [5.41, 5.74) is 0.193. The summed E-state index contributed by atoms with van der Waals surface area (Å²) in [5.74, 6) is 0. The van der Waals surface area contributed by atoms with E-state index in [2.05, 4.69) is 4.74 Å². The Hall–Kier alpha value is -2.04. The average molecular weight is 396 g/mol. The maximum atomic E-state index is 13.8.